The first-order valence-electron chi connectivity index (χ1n) is 4.35. The molecule has 76 valence electrons. The molecule has 0 spiro atoms. The van der Waals surface area contributed by atoms with Crippen molar-refractivity contribution >= 4 is 23.9 Å². The van der Waals surface area contributed by atoms with E-state index in [0.29, 0.717) is 11.3 Å². The highest BCUT2D eigenvalue weighted by Crippen LogP contribution is 2.20. The van der Waals surface area contributed by atoms with E-state index in [-0.39, 0.29) is 5.91 Å². The van der Waals surface area contributed by atoms with E-state index < -0.39 is 11.9 Å². The number of fused-ring (bicyclic) bond motifs is 1. The highest BCUT2D eigenvalue weighted by molar-refractivity contribution is 6.31. The van der Waals surface area contributed by atoms with Crippen LogP contribution in [0, 0.1) is 5.92 Å². The summed E-state index contributed by atoms with van der Waals surface area (Å²) in [6, 6.07) is 0. The molecule has 0 aromatic carbocycles. The summed E-state index contributed by atoms with van der Waals surface area (Å²) in [5.41, 5.74) is 0.764. The summed E-state index contributed by atoms with van der Waals surface area (Å²) in [5, 5.41) is 0. The lowest BCUT2D eigenvalue weighted by Gasteiger charge is -2.18. The largest absolute Gasteiger partial charge is 0.468 e. The first-order chi connectivity index (χ1) is 7.24. The van der Waals surface area contributed by atoms with Crippen LogP contribution in [0.5, 0.6) is 0 Å². The molecule has 1 atom stereocenters. The van der Waals surface area contributed by atoms with Crippen LogP contribution in [0.1, 0.15) is 0 Å². The molecule has 0 aromatic heterocycles. The number of allylic oxidation sites excluding steroid dienone is 2. The van der Waals surface area contributed by atoms with Crippen LogP contribution >= 0.6 is 0 Å². The second-order valence-corrected chi connectivity index (χ2v) is 3.03. The minimum absolute atomic E-state index is 0.357. The number of carbonyl (C=O) groups is 2. The average molecular weight is 204 g/mol. The fourth-order valence-electron chi connectivity index (χ4n) is 1.47. The predicted octanol–water partition coefficient (Wildman–Crippen LogP) is 0.281. The molecule has 15 heavy (non-hydrogen) atoms. The van der Waals surface area contributed by atoms with Gasteiger partial charge in [-0.25, -0.2) is 4.99 Å². The van der Waals surface area contributed by atoms with Crippen molar-refractivity contribution < 1.29 is 14.3 Å². The van der Waals surface area contributed by atoms with Crippen LogP contribution in [0.3, 0.4) is 0 Å². The minimum atomic E-state index is -0.606. The number of rotatable bonds is 1. The van der Waals surface area contributed by atoms with Crippen LogP contribution in [0.4, 0.5) is 0 Å². The smallest absolute Gasteiger partial charge is 0.318 e. The van der Waals surface area contributed by atoms with Gasteiger partial charge in [-0.3, -0.25) is 9.59 Å². The Morgan fingerprint density at radius 3 is 3.07 bits per heavy atom. The van der Waals surface area contributed by atoms with E-state index in [0.717, 1.165) is 6.34 Å². The molecule has 0 aromatic rings. The number of hydrogen-bond donors (Lipinski definition) is 0. The molecule has 2 aliphatic rings. The number of esters is 1. The molecule has 0 saturated heterocycles. The number of amides is 1. The van der Waals surface area contributed by atoms with Crippen molar-refractivity contribution in [3.63, 3.8) is 0 Å². The maximum atomic E-state index is 11.4. The molecule has 5 heteroatoms. The minimum Gasteiger partial charge on any atom is -0.468 e. The first kappa shape index (κ1) is 9.51. The Morgan fingerprint density at radius 2 is 2.33 bits per heavy atom. The first-order valence-corrected chi connectivity index (χ1v) is 4.35. The van der Waals surface area contributed by atoms with E-state index in [1.807, 2.05) is 0 Å². The number of ether oxygens (including phenoxy) is 1. The predicted molar refractivity (Wildman–Crippen MR) is 53.7 cm³/mol. The highest BCUT2D eigenvalue weighted by atomic mass is 16.5. The van der Waals surface area contributed by atoms with Crippen LogP contribution in [0.2, 0.25) is 0 Å². The fraction of sp³-hybridized carbons (Fsp3) is 0.200. The molecule has 1 unspecified atom stereocenters. The summed E-state index contributed by atoms with van der Waals surface area (Å²) in [5.74, 6) is -1.41. The maximum Gasteiger partial charge on any atom is 0.318 e. The van der Waals surface area contributed by atoms with Gasteiger partial charge in [-0.1, -0.05) is 12.2 Å². The topological polar surface area (TPSA) is 68.1 Å². The standard InChI is InChI=1S/C10H8N2O3/c1-15-10(14)7-4-2-3-6-8(7)11-5-12-9(6)13/h2-5,7H,1H3. The van der Waals surface area contributed by atoms with E-state index >= 15 is 0 Å². The van der Waals surface area contributed by atoms with Gasteiger partial charge in [0.2, 0.25) is 0 Å². The van der Waals surface area contributed by atoms with Crippen molar-refractivity contribution in [1.29, 1.82) is 0 Å². The third-order valence-corrected chi connectivity index (χ3v) is 2.19. The summed E-state index contributed by atoms with van der Waals surface area (Å²) < 4.78 is 4.62. The Bertz CT molecular complexity index is 444. The quantitative estimate of drug-likeness (QED) is 0.576. The number of aliphatic imine (C=N–C) groups is 2. The third-order valence-electron chi connectivity index (χ3n) is 2.19. The van der Waals surface area contributed by atoms with E-state index in [1.54, 1.807) is 18.2 Å². The zero-order chi connectivity index (χ0) is 10.8. The summed E-state index contributed by atoms with van der Waals surface area (Å²) >= 11 is 0. The van der Waals surface area contributed by atoms with Gasteiger partial charge in [0, 0.05) is 0 Å². The van der Waals surface area contributed by atoms with Crippen LogP contribution in [-0.4, -0.2) is 31.0 Å². The van der Waals surface area contributed by atoms with Gasteiger partial charge in [0.15, 0.2) is 0 Å². The van der Waals surface area contributed by atoms with Gasteiger partial charge in [0.25, 0.3) is 5.91 Å². The van der Waals surface area contributed by atoms with Gasteiger partial charge in [-0.15, -0.1) is 0 Å². The average Bonchev–Trinajstić information content (AvgIpc) is 2.28. The van der Waals surface area contributed by atoms with E-state index in [2.05, 4.69) is 14.7 Å². The van der Waals surface area contributed by atoms with Crippen molar-refractivity contribution in [3.8, 4) is 0 Å². The molecule has 0 radical (unpaired) electrons. The second-order valence-electron chi connectivity index (χ2n) is 3.03. The monoisotopic (exact) mass is 204 g/mol. The molecule has 2 rings (SSSR count). The lowest BCUT2D eigenvalue weighted by molar-refractivity contribution is -0.141. The molecule has 0 N–H and O–H groups in total. The van der Waals surface area contributed by atoms with Crippen molar-refractivity contribution in [1.82, 2.24) is 0 Å². The Balaban J connectivity index is 2.40. The summed E-state index contributed by atoms with van der Waals surface area (Å²) in [7, 11) is 1.30. The lowest BCUT2D eigenvalue weighted by atomic mass is 9.91. The van der Waals surface area contributed by atoms with Gasteiger partial charge in [-0.2, -0.15) is 4.99 Å². The highest BCUT2D eigenvalue weighted by Gasteiger charge is 2.31. The van der Waals surface area contributed by atoms with Gasteiger partial charge in [-0.05, 0) is 6.08 Å². The molecular formula is C10H8N2O3. The Labute approximate surface area is 85.9 Å². The molecule has 1 aliphatic carbocycles. The van der Waals surface area contributed by atoms with Gasteiger partial charge in [0.1, 0.15) is 12.3 Å². The van der Waals surface area contributed by atoms with Crippen molar-refractivity contribution in [2.24, 2.45) is 15.9 Å². The number of nitrogens with zero attached hydrogens (tertiary/aromatic N) is 2. The van der Waals surface area contributed by atoms with Gasteiger partial charge < -0.3 is 4.74 Å². The summed E-state index contributed by atoms with van der Waals surface area (Å²) in [6.45, 7) is 0. The number of hydrogen-bond acceptors (Lipinski definition) is 4. The molecule has 5 nitrogen and oxygen atoms in total. The van der Waals surface area contributed by atoms with E-state index in [1.165, 1.54) is 7.11 Å². The van der Waals surface area contributed by atoms with Crippen LogP contribution in [0.25, 0.3) is 0 Å². The van der Waals surface area contributed by atoms with Crippen molar-refractivity contribution in [2.45, 2.75) is 0 Å². The Kier molecular flexibility index (Phi) is 2.29. The lowest BCUT2D eigenvalue weighted by Crippen LogP contribution is -2.30. The zero-order valence-corrected chi connectivity index (χ0v) is 8.01. The molecule has 1 amide bonds. The van der Waals surface area contributed by atoms with Crippen LogP contribution in [-0.2, 0) is 14.3 Å². The summed E-state index contributed by atoms with van der Waals surface area (Å²) in [6.07, 6.45) is 6.02. The fourth-order valence-corrected chi connectivity index (χ4v) is 1.47. The number of methoxy groups -OCH3 is 1. The molecule has 1 heterocycles. The van der Waals surface area contributed by atoms with Crippen LogP contribution < -0.4 is 0 Å². The van der Waals surface area contributed by atoms with Crippen LogP contribution in [0.15, 0.2) is 33.8 Å². The third kappa shape index (κ3) is 1.52. The molecule has 0 fully saturated rings. The van der Waals surface area contributed by atoms with Crippen molar-refractivity contribution in [3.05, 3.63) is 23.8 Å². The van der Waals surface area contributed by atoms with E-state index in [9.17, 15) is 9.59 Å². The van der Waals surface area contributed by atoms with Gasteiger partial charge in [0.05, 0.1) is 18.4 Å². The maximum absolute atomic E-state index is 11.4. The normalized spacial score (nSPS) is 23.0. The summed E-state index contributed by atoms with van der Waals surface area (Å²) in [4.78, 5) is 30.2. The number of carbonyl (C=O) groups excluding carboxylic acids is 2. The second kappa shape index (κ2) is 3.61. The zero-order valence-electron chi connectivity index (χ0n) is 8.01. The van der Waals surface area contributed by atoms with Crippen molar-refractivity contribution in [2.75, 3.05) is 7.11 Å². The SMILES string of the molecule is COC(=O)C1C=CC=C2C(=O)N=CN=C21. The molecular weight excluding hydrogens is 196 g/mol. The molecule has 0 bridgehead atoms. The molecule has 1 aliphatic heterocycles. The Hall–Kier alpha value is -2.04. The molecule has 0 saturated carbocycles. The van der Waals surface area contributed by atoms with E-state index in [4.69, 9.17) is 0 Å². The Morgan fingerprint density at radius 1 is 1.53 bits per heavy atom. The van der Waals surface area contributed by atoms with Gasteiger partial charge >= 0.3 is 5.97 Å².